The summed E-state index contributed by atoms with van der Waals surface area (Å²) in [6.45, 7) is -0.813. The van der Waals surface area contributed by atoms with Gasteiger partial charge in [-0.25, -0.2) is 17.6 Å². The van der Waals surface area contributed by atoms with Crippen molar-refractivity contribution in [2.45, 2.75) is 79.4 Å². The number of ether oxygens (including phenoxy) is 2. The van der Waals surface area contributed by atoms with Gasteiger partial charge in [-0.15, -0.1) is 0 Å². The Morgan fingerprint density at radius 2 is 0.634 bits per heavy atom. The molecule has 0 rings (SSSR count). The van der Waals surface area contributed by atoms with Gasteiger partial charge in [-0.3, -0.25) is 9.47 Å². The normalized spacial score (nSPS) is 16.8. The second-order valence-electron chi connectivity index (χ2n) is 6.89. The number of aliphatic hydroxyl groups is 2. The van der Waals surface area contributed by atoms with Crippen LogP contribution in [0.15, 0.2) is 0 Å². The predicted octanol–water partition coefficient (Wildman–Crippen LogP) is 6.45. The van der Waals surface area contributed by atoms with E-state index in [0.29, 0.717) is 0 Å². The van der Waals surface area contributed by atoms with Crippen LogP contribution in [0.2, 0.25) is 0 Å². The van der Waals surface area contributed by atoms with Crippen LogP contribution in [-0.4, -0.2) is 89.8 Å². The van der Waals surface area contributed by atoms with Crippen LogP contribution >= 0.6 is 0 Å². The monoisotopic (exact) mass is 763 g/mol. The summed E-state index contributed by atoms with van der Waals surface area (Å²) in [7, 11) is 1.00. The summed E-state index contributed by atoms with van der Waals surface area (Å²) in [4.78, 5) is 0. The number of hydrogen-bond donors (Lipinski definition) is 2. The molecule has 0 spiro atoms. The Hall–Kier alpha value is -1.08. The van der Waals surface area contributed by atoms with Crippen molar-refractivity contribution in [1.82, 2.24) is 0 Å². The van der Waals surface area contributed by atoms with E-state index < -0.39 is 79.4 Å². The van der Waals surface area contributed by atoms with Crippen LogP contribution < -0.4 is 0 Å². The number of rotatable bonds is 13. The van der Waals surface area contributed by atoms with Gasteiger partial charge in [-0.1, -0.05) is 0 Å². The standard InChI is InChI=1S/C13H6F22O3.CH4O.Rh/c1-4(16,17)2(14)37-12(32,33)10(28,29)8(24,25)6(20,21)7(22,23)9(26,27)11(30,31)13(34,35)38-3(15)5(18,19)36;1-2;/h2-3,36H,1H3;2H,1H3;. The van der Waals surface area contributed by atoms with Gasteiger partial charge in [0.25, 0.3) is 18.6 Å². The summed E-state index contributed by atoms with van der Waals surface area (Å²) in [6, 6.07) is 0. The molecule has 0 amide bonds. The average molecular weight is 763 g/mol. The summed E-state index contributed by atoms with van der Waals surface area (Å²) in [5.41, 5.74) is 0. The van der Waals surface area contributed by atoms with E-state index in [-0.39, 0.29) is 19.5 Å². The molecule has 0 heterocycles. The van der Waals surface area contributed by atoms with E-state index in [4.69, 9.17) is 10.2 Å². The maximum atomic E-state index is 13.5. The first-order chi connectivity index (χ1) is 17.0. The Morgan fingerprint density at radius 3 is 0.829 bits per heavy atom. The molecule has 2 N–H and O–H groups in total. The predicted molar refractivity (Wildman–Crippen MR) is 77.5 cm³/mol. The summed E-state index contributed by atoms with van der Waals surface area (Å²) in [5.74, 6) is -58.7. The van der Waals surface area contributed by atoms with E-state index in [0.717, 1.165) is 7.11 Å². The molecule has 0 saturated heterocycles. The van der Waals surface area contributed by atoms with E-state index in [1.54, 1.807) is 9.47 Å². The van der Waals surface area contributed by atoms with Crippen molar-refractivity contribution >= 4 is 0 Å². The van der Waals surface area contributed by atoms with Crippen LogP contribution in [0.1, 0.15) is 6.92 Å². The van der Waals surface area contributed by atoms with E-state index in [9.17, 15) is 96.6 Å². The first-order valence-corrected chi connectivity index (χ1v) is 8.59. The molecule has 41 heavy (non-hydrogen) atoms. The third kappa shape index (κ3) is 7.53. The fraction of sp³-hybridized carbons (Fsp3) is 1.00. The minimum Gasteiger partial charge on any atom is -0.400 e. The largest absolute Gasteiger partial charge is 0.428 e. The minimum atomic E-state index is -9.13. The molecular weight excluding hydrogens is 753 g/mol. The van der Waals surface area contributed by atoms with Gasteiger partial charge in [0.1, 0.15) is 0 Å². The average Bonchev–Trinajstić information content (AvgIpc) is 2.72. The Kier molecular flexibility index (Phi) is 13.5. The molecule has 2 unspecified atom stereocenters. The number of halogens is 22. The quantitative estimate of drug-likeness (QED) is 0.167. The van der Waals surface area contributed by atoms with E-state index in [2.05, 4.69) is 0 Å². The van der Waals surface area contributed by atoms with Crippen LogP contribution in [0.5, 0.6) is 0 Å². The molecule has 0 aromatic heterocycles. The number of hydrogen-bond acceptors (Lipinski definition) is 4. The smallest absolute Gasteiger partial charge is 0.400 e. The van der Waals surface area contributed by atoms with Crippen molar-refractivity contribution < 1.29 is 136 Å². The zero-order valence-corrected chi connectivity index (χ0v) is 20.2. The Balaban J connectivity index is -0.00000470. The van der Waals surface area contributed by atoms with E-state index >= 15 is 0 Å². The second-order valence-corrected chi connectivity index (χ2v) is 6.89. The summed E-state index contributed by atoms with van der Waals surface area (Å²) >= 11 is 0. The van der Waals surface area contributed by atoms with Crippen molar-refractivity contribution in [2.24, 2.45) is 0 Å². The second kappa shape index (κ2) is 12.5. The van der Waals surface area contributed by atoms with Crippen LogP contribution in [0.4, 0.5) is 96.6 Å². The Morgan fingerprint density at radius 1 is 0.439 bits per heavy atom. The van der Waals surface area contributed by atoms with Crippen LogP contribution in [0.3, 0.4) is 0 Å². The fourth-order valence-corrected chi connectivity index (χ4v) is 1.74. The molecular formula is C14H10F22O4Rh. The third-order valence-electron chi connectivity index (χ3n) is 3.88. The van der Waals surface area contributed by atoms with Crippen molar-refractivity contribution in [2.75, 3.05) is 7.11 Å². The third-order valence-corrected chi connectivity index (χ3v) is 3.88. The molecule has 4 nitrogen and oxygen atoms in total. The van der Waals surface area contributed by atoms with Gasteiger partial charge in [0.15, 0.2) is 0 Å². The zero-order chi connectivity index (χ0) is 33.6. The van der Waals surface area contributed by atoms with Crippen LogP contribution in [-0.2, 0) is 29.0 Å². The van der Waals surface area contributed by atoms with Gasteiger partial charge in [0, 0.05) is 33.5 Å². The Labute approximate surface area is 223 Å². The SMILES string of the molecule is CC(F)(F)C(F)OC(F)(F)C(F)(F)C(F)(F)C(F)(F)C(F)(F)C(F)(F)C(F)(F)C(F)(F)OC(F)C(O)(F)F.CO.[Rh]. The minimum absolute atomic E-state index is 0. The number of aliphatic hydroxyl groups excluding tert-OH is 1. The molecule has 0 aliphatic heterocycles. The van der Waals surface area contributed by atoms with Crippen molar-refractivity contribution in [3.05, 3.63) is 0 Å². The van der Waals surface area contributed by atoms with Gasteiger partial charge in [0.05, 0.1) is 0 Å². The molecule has 1 radical (unpaired) electrons. The van der Waals surface area contributed by atoms with Crippen molar-refractivity contribution in [3.63, 3.8) is 0 Å². The summed E-state index contributed by atoms with van der Waals surface area (Å²) in [5, 5.41) is 14.6. The molecule has 0 bridgehead atoms. The summed E-state index contributed by atoms with van der Waals surface area (Å²) < 4.78 is 291. The van der Waals surface area contributed by atoms with Crippen LogP contribution in [0, 0.1) is 0 Å². The topological polar surface area (TPSA) is 58.9 Å². The molecule has 0 aliphatic carbocycles. The first-order valence-electron chi connectivity index (χ1n) is 8.59. The molecule has 253 valence electrons. The van der Waals surface area contributed by atoms with Gasteiger partial charge < -0.3 is 10.2 Å². The maximum Gasteiger partial charge on any atom is 0.428 e. The van der Waals surface area contributed by atoms with E-state index in [1.807, 2.05) is 0 Å². The van der Waals surface area contributed by atoms with E-state index in [1.165, 1.54) is 0 Å². The first kappa shape index (κ1) is 44.4. The Bertz CT molecular complexity index is 769. The molecule has 0 fully saturated rings. The van der Waals surface area contributed by atoms with Crippen LogP contribution in [0.25, 0.3) is 0 Å². The molecule has 0 aromatic carbocycles. The van der Waals surface area contributed by atoms with Gasteiger partial charge in [-0.05, 0) is 0 Å². The molecule has 0 saturated carbocycles. The fourth-order valence-electron chi connectivity index (χ4n) is 1.74. The molecule has 0 aliphatic rings. The number of alkyl halides is 22. The van der Waals surface area contributed by atoms with Crippen molar-refractivity contribution in [3.8, 4) is 0 Å². The molecule has 2 atom stereocenters. The zero-order valence-electron chi connectivity index (χ0n) is 18.5. The van der Waals surface area contributed by atoms with Gasteiger partial charge in [-0.2, -0.15) is 79.0 Å². The maximum absolute atomic E-state index is 13.5. The summed E-state index contributed by atoms with van der Waals surface area (Å²) in [6.07, 6.45) is -32.9. The van der Waals surface area contributed by atoms with Gasteiger partial charge in [0.2, 0.25) is 0 Å². The molecule has 27 heteroatoms. The van der Waals surface area contributed by atoms with Crippen molar-refractivity contribution in [1.29, 1.82) is 0 Å². The van der Waals surface area contributed by atoms with Gasteiger partial charge >= 0.3 is 53.9 Å². The molecule has 0 aromatic rings.